The number of carbonyl (C=O) groups excluding carboxylic acids is 1. The SMILES string of the molecule is O=C(Nc1ncccn1)c1ccnc(OC2CCCC2)c1. The quantitative estimate of drug-likeness (QED) is 0.933. The van der Waals surface area contributed by atoms with E-state index in [2.05, 4.69) is 20.3 Å². The van der Waals surface area contributed by atoms with E-state index in [9.17, 15) is 4.79 Å². The molecule has 6 nitrogen and oxygen atoms in total. The summed E-state index contributed by atoms with van der Waals surface area (Å²) in [6.07, 6.45) is 9.42. The Morgan fingerprint density at radius 1 is 1.14 bits per heavy atom. The van der Waals surface area contributed by atoms with Gasteiger partial charge in [0.25, 0.3) is 5.91 Å². The molecule has 1 aliphatic carbocycles. The Labute approximate surface area is 122 Å². The van der Waals surface area contributed by atoms with Crippen molar-refractivity contribution < 1.29 is 9.53 Å². The van der Waals surface area contributed by atoms with Crippen LogP contribution >= 0.6 is 0 Å². The predicted molar refractivity (Wildman–Crippen MR) is 77.1 cm³/mol. The molecular formula is C15H16N4O2. The molecule has 0 aliphatic heterocycles. The van der Waals surface area contributed by atoms with Crippen molar-refractivity contribution >= 4 is 11.9 Å². The van der Waals surface area contributed by atoms with Crippen molar-refractivity contribution in [1.82, 2.24) is 15.0 Å². The lowest BCUT2D eigenvalue weighted by Gasteiger charge is -2.12. The van der Waals surface area contributed by atoms with Crippen LogP contribution in [0.3, 0.4) is 0 Å². The molecular weight excluding hydrogens is 268 g/mol. The molecule has 108 valence electrons. The molecule has 0 saturated heterocycles. The number of amides is 1. The van der Waals surface area contributed by atoms with E-state index in [0.29, 0.717) is 11.4 Å². The topological polar surface area (TPSA) is 77.0 Å². The molecule has 2 heterocycles. The Bertz CT molecular complexity index is 612. The third-order valence-corrected chi connectivity index (χ3v) is 3.38. The number of anilines is 1. The van der Waals surface area contributed by atoms with E-state index >= 15 is 0 Å². The number of nitrogens with one attached hydrogen (secondary N) is 1. The Balaban J connectivity index is 1.68. The minimum atomic E-state index is -0.278. The summed E-state index contributed by atoms with van der Waals surface area (Å²) in [5.74, 6) is 0.487. The van der Waals surface area contributed by atoms with Gasteiger partial charge in [0.15, 0.2) is 0 Å². The number of ether oxygens (including phenoxy) is 1. The van der Waals surface area contributed by atoms with Gasteiger partial charge in [0.05, 0.1) is 0 Å². The Hall–Kier alpha value is -2.50. The third kappa shape index (κ3) is 3.53. The summed E-state index contributed by atoms with van der Waals surface area (Å²) < 4.78 is 5.79. The van der Waals surface area contributed by atoms with Gasteiger partial charge in [-0.2, -0.15) is 0 Å². The Morgan fingerprint density at radius 2 is 1.90 bits per heavy atom. The highest BCUT2D eigenvalue weighted by Gasteiger charge is 2.17. The molecule has 1 fully saturated rings. The maximum Gasteiger partial charge on any atom is 0.258 e. The van der Waals surface area contributed by atoms with Crippen molar-refractivity contribution in [2.24, 2.45) is 0 Å². The maximum absolute atomic E-state index is 12.1. The van der Waals surface area contributed by atoms with Crippen LogP contribution in [0.15, 0.2) is 36.8 Å². The molecule has 0 atom stereocenters. The van der Waals surface area contributed by atoms with E-state index < -0.39 is 0 Å². The molecule has 0 spiro atoms. The average Bonchev–Trinajstić information content (AvgIpc) is 3.01. The highest BCUT2D eigenvalue weighted by molar-refractivity contribution is 6.03. The first-order valence-electron chi connectivity index (χ1n) is 7.02. The third-order valence-electron chi connectivity index (χ3n) is 3.38. The summed E-state index contributed by atoms with van der Waals surface area (Å²) in [7, 11) is 0. The van der Waals surface area contributed by atoms with Crippen LogP contribution in [0.5, 0.6) is 5.88 Å². The summed E-state index contributed by atoms with van der Waals surface area (Å²) in [6.45, 7) is 0. The number of hydrogen-bond donors (Lipinski definition) is 1. The van der Waals surface area contributed by atoms with Crippen LogP contribution in [0.2, 0.25) is 0 Å². The average molecular weight is 284 g/mol. The molecule has 21 heavy (non-hydrogen) atoms. The second kappa shape index (κ2) is 6.30. The number of rotatable bonds is 4. The highest BCUT2D eigenvalue weighted by Crippen LogP contribution is 2.23. The van der Waals surface area contributed by atoms with Gasteiger partial charge in [-0.3, -0.25) is 10.1 Å². The Morgan fingerprint density at radius 3 is 2.67 bits per heavy atom. The summed E-state index contributed by atoms with van der Waals surface area (Å²) in [5, 5.41) is 2.63. The zero-order valence-corrected chi connectivity index (χ0v) is 11.5. The maximum atomic E-state index is 12.1. The van der Waals surface area contributed by atoms with Gasteiger partial charge >= 0.3 is 0 Å². The van der Waals surface area contributed by atoms with E-state index in [0.717, 1.165) is 12.8 Å². The van der Waals surface area contributed by atoms with Crippen LogP contribution in [0.25, 0.3) is 0 Å². The predicted octanol–water partition coefficient (Wildman–Crippen LogP) is 2.45. The van der Waals surface area contributed by atoms with Crippen molar-refractivity contribution in [2.75, 3.05) is 5.32 Å². The fourth-order valence-electron chi connectivity index (χ4n) is 2.33. The first kappa shape index (κ1) is 13.5. The van der Waals surface area contributed by atoms with Crippen molar-refractivity contribution in [3.8, 4) is 5.88 Å². The lowest BCUT2D eigenvalue weighted by Crippen LogP contribution is -2.15. The van der Waals surface area contributed by atoms with Gasteiger partial charge < -0.3 is 4.74 Å². The molecule has 6 heteroatoms. The summed E-state index contributed by atoms with van der Waals surface area (Å²) in [4.78, 5) is 24.2. The summed E-state index contributed by atoms with van der Waals surface area (Å²) in [5.41, 5.74) is 0.477. The molecule has 0 radical (unpaired) electrons. The molecule has 1 N–H and O–H groups in total. The number of aromatic nitrogens is 3. The second-order valence-corrected chi connectivity index (χ2v) is 4.93. The molecule has 0 aromatic carbocycles. The molecule has 1 saturated carbocycles. The van der Waals surface area contributed by atoms with Gasteiger partial charge in [0.1, 0.15) is 6.10 Å². The van der Waals surface area contributed by atoms with E-state index in [-0.39, 0.29) is 18.0 Å². The normalized spacial score (nSPS) is 14.9. The number of nitrogens with zero attached hydrogens (tertiary/aromatic N) is 3. The zero-order valence-electron chi connectivity index (χ0n) is 11.5. The Kier molecular flexibility index (Phi) is 4.04. The van der Waals surface area contributed by atoms with Crippen LogP contribution in [-0.4, -0.2) is 27.0 Å². The molecule has 2 aromatic rings. The first-order chi connectivity index (χ1) is 10.3. The van der Waals surface area contributed by atoms with Crippen LogP contribution in [0, 0.1) is 0 Å². The second-order valence-electron chi connectivity index (χ2n) is 4.93. The van der Waals surface area contributed by atoms with Crippen molar-refractivity contribution in [3.05, 3.63) is 42.4 Å². The van der Waals surface area contributed by atoms with E-state index in [1.165, 1.54) is 12.8 Å². The summed E-state index contributed by atoms with van der Waals surface area (Å²) in [6, 6.07) is 4.98. The summed E-state index contributed by atoms with van der Waals surface area (Å²) >= 11 is 0. The smallest absolute Gasteiger partial charge is 0.258 e. The molecule has 1 amide bonds. The van der Waals surface area contributed by atoms with Gasteiger partial charge in [-0.15, -0.1) is 0 Å². The lowest BCUT2D eigenvalue weighted by atomic mass is 10.2. The largest absolute Gasteiger partial charge is 0.474 e. The molecule has 0 unspecified atom stereocenters. The lowest BCUT2D eigenvalue weighted by molar-refractivity contribution is 0.102. The monoisotopic (exact) mass is 284 g/mol. The van der Waals surface area contributed by atoms with Crippen molar-refractivity contribution in [3.63, 3.8) is 0 Å². The highest BCUT2D eigenvalue weighted by atomic mass is 16.5. The standard InChI is InChI=1S/C15H16N4O2/c20-14(19-15-17-7-3-8-18-15)11-6-9-16-13(10-11)21-12-4-1-2-5-12/h3,6-10,12H,1-2,4-5H2,(H,17,18,19,20). The van der Waals surface area contributed by atoms with Gasteiger partial charge in [-0.1, -0.05) is 0 Å². The minimum Gasteiger partial charge on any atom is -0.474 e. The molecule has 2 aromatic heterocycles. The van der Waals surface area contributed by atoms with E-state index in [1.54, 1.807) is 36.8 Å². The van der Waals surface area contributed by atoms with Crippen molar-refractivity contribution in [1.29, 1.82) is 0 Å². The first-order valence-corrected chi connectivity index (χ1v) is 7.02. The van der Waals surface area contributed by atoms with Crippen molar-refractivity contribution in [2.45, 2.75) is 31.8 Å². The van der Waals surface area contributed by atoms with E-state index in [4.69, 9.17) is 4.74 Å². The van der Waals surface area contributed by atoms with Crippen LogP contribution in [0.1, 0.15) is 36.0 Å². The molecule has 1 aliphatic rings. The number of carbonyl (C=O) groups is 1. The van der Waals surface area contributed by atoms with Gasteiger partial charge in [0.2, 0.25) is 11.8 Å². The molecule has 0 bridgehead atoms. The van der Waals surface area contributed by atoms with Crippen LogP contribution in [-0.2, 0) is 0 Å². The fraction of sp³-hybridized carbons (Fsp3) is 0.333. The van der Waals surface area contributed by atoms with E-state index in [1.807, 2.05) is 0 Å². The van der Waals surface area contributed by atoms with Gasteiger partial charge in [-0.25, -0.2) is 15.0 Å². The molecule has 3 rings (SSSR count). The van der Waals surface area contributed by atoms with Crippen LogP contribution in [0.4, 0.5) is 5.95 Å². The zero-order chi connectivity index (χ0) is 14.5. The van der Waals surface area contributed by atoms with Gasteiger partial charge in [-0.05, 0) is 37.8 Å². The number of hydrogen-bond acceptors (Lipinski definition) is 5. The fourth-order valence-corrected chi connectivity index (χ4v) is 2.33. The van der Waals surface area contributed by atoms with Gasteiger partial charge in [0, 0.05) is 30.2 Å². The van der Waals surface area contributed by atoms with Crippen LogP contribution < -0.4 is 10.1 Å². The minimum absolute atomic E-state index is 0.216. The number of pyridine rings is 1.